The van der Waals surface area contributed by atoms with E-state index in [1.807, 2.05) is 37.3 Å². The number of likely N-dealkylation sites (tertiary alicyclic amines) is 1. The van der Waals surface area contributed by atoms with E-state index >= 15 is 0 Å². The van der Waals surface area contributed by atoms with E-state index < -0.39 is 11.6 Å². The molecule has 2 aromatic carbocycles. The van der Waals surface area contributed by atoms with E-state index in [1.165, 1.54) is 6.07 Å². The molecule has 2 amide bonds. The van der Waals surface area contributed by atoms with Crippen molar-refractivity contribution in [2.24, 2.45) is 0 Å². The number of benzene rings is 2. The van der Waals surface area contributed by atoms with Crippen LogP contribution in [-0.4, -0.2) is 33.8 Å². The van der Waals surface area contributed by atoms with Crippen molar-refractivity contribution in [1.29, 1.82) is 0 Å². The van der Waals surface area contributed by atoms with Crippen LogP contribution in [0.15, 0.2) is 54.7 Å². The number of nitrogens with zero attached hydrogens (tertiary/aromatic N) is 3. The molecule has 1 aromatic heterocycles. The molecule has 0 bridgehead atoms. The van der Waals surface area contributed by atoms with Crippen LogP contribution in [0, 0.1) is 18.6 Å². The number of carbonyl (C=O) groups is 1. The SMILES string of the molecule is Cc1c(NC(=O)N2CCCC(c3cc(F)ccc3F)C2)cnn1-c1ccccc1. The van der Waals surface area contributed by atoms with Gasteiger partial charge in [-0.3, -0.25) is 0 Å². The summed E-state index contributed by atoms with van der Waals surface area (Å²) in [5.74, 6) is -1.12. The highest BCUT2D eigenvalue weighted by molar-refractivity contribution is 5.90. The van der Waals surface area contributed by atoms with Crippen molar-refractivity contribution < 1.29 is 13.6 Å². The van der Waals surface area contributed by atoms with Crippen LogP contribution < -0.4 is 5.32 Å². The predicted molar refractivity (Wildman–Crippen MR) is 107 cm³/mol. The Hall–Kier alpha value is -3.22. The Bertz CT molecular complexity index is 1020. The highest BCUT2D eigenvalue weighted by Crippen LogP contribution is 2.30. The van der Waals surface area contributed by atoms with E-state index in [0.717, 1.165) is 36.4 Å². The molecule has 1 aliphatic rings. The van der Waals surface area contributed by atoms with E-state index in [4.69, 9.17) is 0 Å². The average Bonchev–Trinajstić information content (AvgIpc) is 3.10. The minimum absolute atomic E-state index is 0.224. The average molecular weight is 396 g/mol. The number of hydrogen-bond acceptors (Lipinski definition) is 2. The van der Waals surface area contributed by atoms with Gasteiger partial charge in [-0.05, 0) is 55.7 Å². The van der Waals surface area contributed by atoms with Crippen LogP contribution in [0.2, 0.25) is 0 Å². The van der Waals surface area contributed by atoms with Crippen LogP contribution in [0.5, 0.6) is 0 Å². The van der Waals surface area contributed by atoms with Crippen molar-refractivity contribution >= 4 is 11.7 Å². The molecule has 1 unspecified atom stereocenters. The number of piperidine rings is 1. The molecule has 5 nitrogen and oxygen atoms in total. The van der Waals surface area contributed by atoms with Crippen molar-refractivity contribution in [2.45, 2.75) is 25.7 Å². The second-order valence-corrected chi connectivity index (χ2v) is 7.27. The van der Waals surface area contributed by atoms with Gasteiger partial charge in [-0.15, -0.1) is 0 Å². The summed E-state index contributed by atoms with van der Waals surface area (Å²) < 4.78 is 29.5. The van der Waals surface area contributed by atoms with Crippen molar-refractivity contribution in [3.8, 4) is 5.69 Å². The first-order chi connectivity index (χ1) is 14.0. The largest absolute Gasteiger partial charge is 0.324 e. The lowest BCUT2D eigenvalue weighted by molar-refractivity contribution is 0.192. The summed E-state index contributed by atoms with van der Waals surface area (Å²) >= 11 is 0. The monoisotopic (exact) mass is 396 g/mol. The van der Waals surface area contributed by atoms with E-state index in [1.54, 1.807) is 15.8 Å². The molecule has 0 saturated carbocycles. The van der Waals surface area contributed by atoms with Crippen LogP contribution in [0.3, 0.4) is 0 Å². The molecule has 1 aliphatic heterocycles. The van der Waals surface area contributed by atoms with E-state index in [-0.39, 0.29) is 11.9 Å². The van der Waals surface area contributed by atoms with Gasteiger partial charge in [0, 0.05) is 19.0 Å². The topological polar surface area (TPSA) is 50.2 Å². The number of anilines is 1. The zero-order chi connectivity index (χ0) is 20.4. The molecule has 1 N–H and O–H groups in total. The van der Waals surface area contributed by atoms with E-state index in [9.17, 15) is 13.6 Å². The third kappa shape index (κ3) is 3.99. The number of rotatable bonds is 3. The molecule has 0 spiro atoms. The highest BCUT2D eigenvalue weighted by Gasteiger charge is 2.27. The van der Waals surface area contributed by atoms with Gasteiger partial charge in [0.05, 0.1) is 23.3 Å². The van der Waals surface area contributed by atoms with Gasteiger partial charge in [0.15, 0.2) is 0 Å². The Labute approximate surface area is 168 Å². The number of aromatic nitrogens is 2. The van der Waals surface area contributed by atoms with E-state index in [0.29, 0.717) is 24.3 Å². The van der Waals surface area contributed by atoms with Gasteiger partial charge in [0.1, 0.15) is 11.6 Å². The number of hydrogen-bond donors (Lipinski definition) is 1. The number of para-hydroxylation sites is 1. The molecule has 1 saturated heterocycles. The summed E-state index contributed by atoms with van der Waals surface area (Å²) in [7, 11) is 0. The fourth-order valence-electron chi connectivity index (χ4n) is 3.80. The first-order valence-electron chi connectivity index (χ1n) is 9.64. The number of carbonyl (C=O) groups excluding carboxylic acids is 1. The third-order valence-corrected chi connectivity index (χ3v) is 5.36. The lowest BCUT2D eigenvalue weighted by Crippen LogP contribution is -2.41. The Morgan fingerprint density at radius 1 is 1.17 bits per heavy atom. The van der Waals surface area contributed by atoms with Gasteiger partial charge in [0.2, 0.25) is 0 Å². The van der Waals surface area contributed by atoms with Crippen LogP contribution >= 0.6 is 0 Å². The van der Waals surface area contributed by atoms with Gasteiger partial charge in [-0.2, -0.15) is 5.10 Å². The number of urea groups is 1. The molecule has 2 heterocycles. The lowest BCUT2D eigenvalue weighted by Gasteiger charge is -2.33. The minimum Gasteiger partial charge on any atom is -0.324 e. The van der Waals surface area contributed by atoms with Crippen molar-refractivity contribution in [3.05, 3.63) is 77.6 Å². The van der Waals surface area contributed by atoms with Crippen LogP contribution in [0.1, 0.15) is 30.0 Å². The molecule has 1 atom stereocenters. The first-order valence-corrected chi connectivity index (χ1v) is 9.64. The maximum atomic E-state index is 14.1. The zero-order valence-electron chi connectivity index (χ0n) is 16.1. The summed E-state index contributed by atoms with van der Waals surface area (Å²) in [5.41, 5.74) is 2.67. The molecule has 150 valence electrons. The van der Waals surface area contributed by atoms with Gasteiger partial charge in [-0.1, -0.05) is 18.2 Å². The molecule has 0 aliphatic carbocycles. The standard InChI is InChI=1S/C22H22F2N4O/c1-15-21(13-25-28(15)18-7-3-2-4-8-18)26-22(29)27-11-5-6-16(14-27)19-12-17(23)9-10-20(19)24/h2-4,7-10,12-13,16H,5-6,11,14H2,1H3,(H,26,29). The molecular weight excluding hydrogens is 374 g/mol. The number of halogens is 2. The smallest absolute Gasteiger partial charge is 0.321 e. The lowest BCUT2D eigenvalue weighted by atomic mass is 9.90. The third-order valence-electron chi connectivity index (χ3n) is 5.36. The molecule has 0 radical (unpaired) electrons. The van der Waals surface area contributed by atoms with Gasteiger partial charge in [-0.25, -0.2) is 18.3 Å². The van der Waals surface area contributed by atoms with Gasteiger partial charge < -0.3 is 10.2 Å². The Balaban J connectivity index is 1.48. The van der Waals surface area contributed by atoms with Crippen LogP contribution in [0.25, 0.3) is 5.69 Å². The molecule has 7 heteroatoms. The quantitative estimate of drug-likeness (QED) is 0.687. The van der Waals surface area contributed by atoms with Gasteiger partial charge >= 0.3 is 6.03 Å². The molecule has 1 fully saturated rings. The molecule has 4 rings (SSSR count). The van der Waals surface area contributed by atoms with Gasteiger partial charge in [0.25, 0.3) is 0 Å². The Morgan fingerprint density at radius 3 is 2.76 bits per heavy atom. The first kappa shape index (κ1) is 19.1. The molecular formula is C22H22F2N4O. The summed E-state index contributed by atoms with van der Waals surface area (Å²) in [5, 5.41) is 7.26. The minimum atomic E-state index is -0.466. The molecule has 3 aromatic rings. The Kier molecular flexibility index (Phi) is 5.29. The Morgan fingerprint density at radius 2 is 1.97 bits per heavy atom. The highest BCUT2D eigenvalue weighted by atomic mass is 19.1. The zero-order valence-corrected chi connectivity index (χ0v) is 16.1. The second-order valence-electron chi connectivity index (χ2n) is 7.27. The number of nitrogens with one attached hydrogen (secondary N) is 1. The van der Waals surface area contributed by atoms with Crippen LogP contribution in [-0.2, 0) is 0 Å². The fraction of sp³-hybridized carbons (Fsp3) is 0.273. The van der Waals surface area contributed by atoms with Crippen molar-refractivity contribution in [1.82, 2.24) is 14.7 Å². The summed E-state index contributed by atoms with van der Waals surface area (Å²) in [6.07, 6.45) is 3.07. The van der Waals surface area contributed by atoms with E-state index in [2.05, 4.69) is 10.4 Å². The predicted octanol–water partition coefficient (Wildman–Crippen LogP) is 4.87. The molecule has 29 heavy (non-hydrogen) atoms. The summed E-state index contributed by atoms with van der Waals surface area (Å²) in [4.78, 5) is 14.5. The maximum absolute atomic E-state index is 14.1. The maximum Gasteiger partial charge on any atom is 0.321 e. The normalized spacial score (nSPS) is 16.7. The van der Waals surface area contributed by atoms with Crippen LogP contribution in [0.4, 0.5) is 19.3 Å². The fourth-order valence-corrected chi connectivity index (χ4v) is 3.80. The number of amides is 2. The summed E-state index contributed by atoms with van der Waals surface area (Å²) in [6, 6.07) is 12.9. The van der Waals surface area contributed by atoms with Crippen molar-refractivity contribution in [2.75, 3.05) is 18.4 Å². The second kappa shape index (κ2) is 8.03. The summed E-state index contributed by atoms with van der Waals surface area (Å²) in [6.45, 7) is 2.81. The van der Waals surface area contributed by atoms with Crippen molar-refractivity contribution in [3.63, 3.8) is 0 Å².